The number of rotatable bonds is 10. The number of hydrogen-bond donors (Lipinski definition) is 1. The smallest absolute Gasteiger partial charge is 0.243 e. The normalized spacial score (nSPS) is 12.6. The average molecular weight is 510 g/mol. The van der Waals surface area contributed by atoms with Gasteiger partial charge in [-0.15, -0.1) is 0 Å². The van der Waals surface area contributed by atoms with Crippen molar-refractivity contribution in [3.63, 3.8) is 0 Å². The van der Waals surface area contributed by atoms with Gasteiger partial charge in [-0.1, -0.05) is 67.1 Å². The van der Waals surface area contributed by atoms with E-state index in [0.29, 0.717) is 6.42 Å². The van der Waals surface area contributed by atoms with Crippen LogP contribution in [-0.4, -0.2) is 55.1 Å². The van der Waals surface area contributed by atoms with Crippen LogP contribution in [-0.2, 0) is 26.2 Å². The van der Waals surface area contributed by atoms with E-state index in [0.717, 1.165) is 26.2 Å². The Morgan fingerprint density at radius 3 is 2.19 bits per heavy atom. The molecule has 3 rings (SSSR count). The Bertz CT molecular complexity index is 1320. The highest BCUT2D eigenvalue weighted by Crippen LogP contribution is 2.22. The number of nitrogens with zero attached hydrogens (tertiary/aromatic N) is 2. The molecule has 8 heteroatoms. The molecule has 0 aromatic heterocycles. The first-order chi connectivity index (χ1) is 17.0. The summed E-state index contributed by atoms with van der Waals surface area (Å²) in [6.45, 7) is 7.36. The Kier molecular flexibility index (Phi) is 8.87. The molecule has 0 saturated carbocycles. The van der Waals surface area contributed by atoms with Crippen molar-refractivity contribution in [3.8, 4) is 0 Å². The standard InChI is InChI=1S/C28H35N3O4S/c1-6-26(28(33)29-20(2)3)31(18-22-13-11-21(4)12-14-22)27(32)19-30(5)36(34,35)25-16-15-23-9-7-8-10-24(23)17-25/h7-17,20,26H,6,18-19H2,1-5H3,(H,29,33)/t26-/m0/s1. The van der Waals surface area contributed by atoms with Crippen LogP contribution in [0.2, 0.25) is 0 Å². The van der Waals surface area contributed by atoms with E-state index >= 15 is 0 Å². The maximum absolute atomic E-state index is 13.5. The van der Waals surface area contributed by atoms with Crippen LogP contribution in [0.3, 0.4) is 0 Å². The fourth-order valence-electron chi connectivity index (χ4n) is 4.06. The van der Waals surface area contributed by atoms with Crippen LogP contribution in [0.1, 0.15) is 38.3 Å². The Hall–Kier alpha value is -3.23. The van der Waals surface area contributed by atoms with Crippen LogP contribution in [0.4, 0.5) is 0 Å². The van der Waals surface area contributed by atoms with Gasteiger partial charge >= 0.3 is 0 Å². The molecule has 0 saturated heterocycles. The molecule has 1 atom stereocenters. The largest absolute Gasteiger partial charge is 0.352 e. The topological polar surface area (TPSA) is 86.8 Å². The maximum Gasteiger partial charge on any atom is 0.243 e. The third-order valence-electron chi connectivity index (χ3n) is 6.08. The molecule has 2 amide bonds. The summed E-state index contributed by atoms with van der Waals surface area (Å²) in [5.74, 6) is -0.693. The van der Waals surface area contributed by atoms with Crippen LogP contribution < -0.4 is 5.32 Å². The number of fused-ring (bicyclic) bond motifs is 1. The van der Waals surface area contributed by atoms with E-state index in [-0.39, 0.29) is 29.9 Å². The first-order valence-electron chi connectivity index (χ1n) is 12.1. The number of amides is 2. The minimum atomic E-state index is -3.92. The van der Waals surface area contributed by atoms with E-state index in [1.54, 1.807) is 18.2 Å². The van der Waals surface area contributed by atoms with Crippen molar-refractivity contribution in [2.45, 2.75) is 57.6 Å². The summed E-state index contributed by atoms with van der Waals surface area (Å²) in [4.78, 5) is 28.1. The van der Waals surface area contributed by atoms with Gasteiger partial charge in [0.05, 0.1) is 11.4 Å². The zero-order valence-corrected chi connectivity index (χ0v) is 22.4. The molecule has 1 N–H and O–H groups in total. The lowest BCUT2D eigenvalue weighted by Gasteiger charge is -2.32. The van der Waals surface area contributed by atoms with Gasteiger partial charge in [0.15, 0.2) is 0 Å². The van der Waals surface area contributed by atoms with Gasteiger partial charge in [-0.3, -0.25) is 9.59 Å². The number of benzene rings is 3. The number of nitrogens with one attached hydrogen (secondary N) is 1. The molecule has 3 aromatic carbocycles. The minimum Gasteiger partial charge on any atom is -0.352 e. The Balaban J connectivity index is 1.88. The zero-order chi connectivity index (χ0) is 26.5. The van der Waals surface area contributed by atoms with E-state index < -0.39 is 22.0 Å². The molecule has 3 aromatic rings. The summed E-state index contributed by atoms with van der Waals surface area (Å²) >= 11 is 0. The summed E-state index contributed by atoms with van der Waals surface area (Å²) in [5.41, 5.74) is 1.95. The van der Waals surface area contributed by atoms with Crippen LogP contribution >= 0.6 is 0 Å². The van der Waals surface area contributed by atoms with Crippen molar-refractivity contribution < 1.29 is 18.0 Å². The Morgan fingerprint density at radius 2 is 1.58 bits per heavy atom. The molecular weight excluding hydrogens is 474 g/mol. The van der Waals surface area contributed by atoms with Gasteiger partial charge in [0.2, 0.25) is 21.8 Å². The molecular formula is C28H35N3O4S. The summed E-state index contributed by atoms with van der Waals surface area (Å²) in [6, 6.07) is 19.3. The lowest BCUT2D eigenvalue weighted by atomic mass is 10.1. The van der Waals surface area contributed by atoms with Gasteiger partial charge in [0, 0.05) is 19.6 Å². The van der Waals surface area contributed by atoms with Gasteiger partial charge in [-0.25, -0.2) is 8.42 Å². The molecule has 0 radical (unpaired) electrons. The molecule has 192 valence electrons. The van der Waals surface area contributed by atoms with E-state index in [2.05, 4.69) is 5.32 Å². The van der Waals surface area contributed by atoms with Crippen molar-refractivity contribution in [3.05, 3.63) is 77.9 Å². The highest BCUT2D eigenvalue weighted by atomic mass is 32.2. The number of sulfonamides is 1. The van der Waals surface area contributed by atoms with Gasteiger partial charge in [0.1, 0.15) is 6.04 Å². The summed E-state index contributed by atoms with van der Waals surface area (Å²) < 4.78 is 27.7. The summed E-state index contributed by atoms with van der Waals surface area (Å²) in [5, 5.41) is 4.62. The first-order valence-corrected chi connectivity index (χ1v) is 13.6. The number of carbonyl (C=O) groups is 2. The van der Waals surface area contributed by atoms with Crippen LogP contribution in [0.25, 0.3) is 10.8 Å². The fraction of sp³-hybridized carbons (Fsp3) is 0.357. The predicted octanol–water partition coefficient (Wildman–Crippen LogP) is 4.10. The third-order valence-corrected chi connectivity index (χ3v) is 7.88. The maximum atomic E-state index is 13.5. The summed E-state index contributed by atoms with van der Waals surface area (Å²) in [7, 11) is -2.53. The molecule has 0 heterocycles. The average Bonchev–Trinajstić information content (AvgIpc) is 2.84. The number of likely N-dealkylation sites (N-methyl/N-ethyl adjacent to an activating group) is 1. The fourth-order valence-corrected chi connectivity index (χ4v) is 5.22. The Morgan fingerprint density at radius 1 is 0.944 bits per heavy atom. The molecule has 0 spiro atoms. The van der Waals surface area contributed by atoms with Crippen LogP contribution in [0.15, 0.2) is 71.6 Å². The van der Waals surface area contributed by atoms with Crippen LogP contribution in [0.5, 0.6) is 0 Å². The first kappa shape index (κ1) is 27.4. The molecule has 0 aliphatic heterocycles. The molecule has 7 nitrogen and oxygen atoms in total. The van der Waals surface area contributed by atoms with Crippen LogP contribution in [0, 0.1) is 6.92 Å². The van der Waals surface area contributed by atoms with Gasteiger partial charge < -0.3 is 10.2 Å². The van der Waals surface area contributed by atoms with Crippen molar-refractivity contribution in [2.24, 2.45) is 0 Å². The predicted molar refractivity (Wildman–Crippen MR) is 143 cm³/mol. The molecule has 36 heavy (non-hydrogen) atoms. The van der Waals surface area contributed by atoms with Crippen molar-refractivity contribution in [1.29, 1.82) is 0 Å². The second kappa shape index (κ2) is 11.7. The van der Waals surface area contributed by atoms with Crippen molar-refractivity contribution >= 4 is 32.6 Å². The van der Waals surface area contributed by atoms with Gasteiger partial charge in [-0.2, -0.15) is 4.31 Å². The molecule has 0 fully saturated rings. The lowest BCUT2D eigenvalue weighted by Crippen LogP contribution is -2.52. The van der Waals surface area contributed by atoms with E-state index in [4.69, 9.17) is 0 Å². The number of hydrogen-bond acceptors (Lipinski definition) is 4. The number of aryl methyl sites for hydroxylation is 1. The van der Waals surface area contributed by atoms with Crippen molar-refractivity contribution in [1.82, 2.24) is 14.5 Å². The van der Waals surface area contributed by atoms with Gasteiger partial charge in [0.25, 0.3) is 0 Å². The van der Waals surface area contributed by atoms with E-state index in [9.17, 15) is 18.0 Å². The molecule has 0 aliphatic rings. The molecule has 0 bridgehead atoms. The zero-order valence-electron chi connectivity index (χ0n) is 21.6. The molecule has 0 aliphatic carbocycles. The highest BCUT2D eigenvalue weighted by molar-refractivity contribution is 7.89. The number of carbonyl (C=O) groups excluding carboxylic acids is 2. The van der Waals surface area contributed by atoms with E-state index in [1.165, 1.54) is 11.9 Å². The van der Waals surface area contributed by atoms with Crippen molar-refractivity contribution in [2.75, 3.05) is 13.6 Å². The SMILES string of the molecule is CC[C@@H](C(=O)NC(C)C)N(Cc1ccc(C)cc1)C(=O)CN(C)S(=O)(=O)c1ccc2ccccc2c1. The van der Waals surface area contributed by atoms with E-state index in [1.807, 2.05) is 76.2 Å². The minimum absolute atomic E-state index is 0.0844. The van der Waals surface area contributed by atoms with Gasteiger partial charge in [-0.05, 0) is 55.7 Å². The summed E-state index contributed by atoms with van der Waals surface area (Å²) in [6.07, 6.45) is 0.400. The monoisotopic (exact) mass is 509 g/mol. The second-order valence-electron chi connectivity index (χ2n) is 9.36. The third kappa shape index (κ3) is 6.50. The highest BCUT2D eigenvalue weighted by Gasteiger charge is 2.32. The molecule has 0 unspecified atom stereocenters. The Labute approximate surface area is 214 Å². The second-order valence-corrected chi connectivity index (χ2v) is 11.4. The quantitative estimate of drug-likeness (QED) is 0.446. The lowest BCUT2D eigenvalue weighted by molar-refractivity contribution is -0.141.